The minimum Gasteiger partial charge on any atom is -0.400 e. The van der Waals surface area contributed by atoms with Crippen LogP contribution in [0.15, 0.2) is 0 Å². The van der Waals surface area contributed by atoms with E-state index >= 15 is 0 Å². The van der Waals surface area contributed by atoms with Gasteiger partial charge in [-0.1, -0.05) is 0 Å². The van der Waals surface area contributed by atoms with Crippen molar-refractivity contribution < 1.29 is 20.3 Å². The number of rotatable bonds is 0. The van der Waals surface area contributed by atoms with Crippen LogP contribution in [-0.4, -0.2) is 78.8 Å². The number of quaternary nitrogens is 1. The molecule has 0 atom stereocenters. The van der Waals surface area contributed by atoms with Gasteiger partial charge < -0.3 is 26.6 Å². The number of hydrogen-bond acceptors (Lipinski definition) is 8. The number of aliphatic hydroxyl groups excluding tert-OH is 1. The number of nitro groups is 2. The molecule has 14 nitrogen and oxygen atoms in total. The molecule has 0 saturated carbocycles. The van der Waals surface area contributed by atoms with Gasteiger partial charge in [-0.15, -0.1) is 0 Å². The number of nitrogens with two attached hydrogens (primary N) is 2. The summed E-state index contributed by atoms with van der Waals surface area (Å²) in [5, 5.41) is 36.9. The smallest absolute Gasteiger partial charge is 0.154 e. The molecule has 0 aromatic rings. The predicted molar refractivity (Wildman–Crippen MR) is 52.6 cm³/mol. The summed E-state index contributed by atoms with van der Waals surface area (Å²) >= 11 is 0. The molecule has 0 amide bonds. The van der Waals surface area contributed by atoms with Crippen molar-refractivity contribution in [1.29, 1.82) is 0 Å². The molecule has 0 fully saturated rings. The van der Waals surface area contributed by atoms with Gasteiger partial charge in [-0.3, -0.25) is 0 Å². The van der Waals surface area contributed by atoms with Crippen molar-refractivity contribution in [2.45, 2.75) is 0 Å². The van der Waals surface area contributed by atoms with Crippen LogP contribution in [0.2, 0.25) is 0 Å². The molecule has 0 heterocycles. The Morgan fingerprint density at radius 2 is 0.875 bits per heavy atom. The molecule has 0 spiro atoms. The van der Waals surface area contributed by atoms with Gasteiger partial charge in [-0.05, 0) is 0 Å². The van der Waals surface area contributed by atoms with Gasteiger partial charge in [-0.25, -0.2) is 20.2 Å². The van der Waals surface area contributed by atoms with E-state index in [-0.39, 0.29) is 57.5 Å². The Bertz CT molecular complexity index is 122. The zero-order chi connectivity index (χ0) is 12.7. The number of hydrogen-bond donors (Lipinski definition) is 4. The van der Waals surface area contributed by atoms with Crippen LogP contribution in [0.5, 0.6) is 0 Å². The summed E-state index contributed by atoms with van der Waals surface area (Å²) in [5.41, 5.74) is 0. The fraction of sp³-hybridized carbons (Fsp3) is 1.00. The maximum Gasteiger partial charge on any atom is 0.154 e. The van der Waals surface area contributed by atoms with Crippen LogP contribution in [0.4, 0.5) is 0 Å². The van der Waals surface area contributed by atoms with E-state index < -0.39 is 15.2 Å². The van der Waals surface area contributed by atoms with Crippen LogP contribution < -0.4 is 17.8 Å². The third kappa shape index (κ3) is 2730. The van der Waals surface area contributed by atoms with E-state index in [1.165, 1.54) is 0 Å². The van der Waals surface area contributed by atoms with Gasteiger partial charge in [0.2, 0.25) is 0 Å². The molecule has 0 aromatic heterocycles. The Labute approximate surface area is 131 Å². The van der Waals surface area contributed by atoms with Crippen molar-refractivity contribution in [3.05, 3.63) is 35.6 Å². The largest absolute Gasteiger partial charge is 0.400 e. The summed E-state index contributed by atoms with van der Waals surface area (Å²) in [6, 6.07) is 0. The first kappa shape index (κ1) is 36.2. The molecular weight excluding hydrogens is 263 g/mol. The van der Waals surface area contributed by atoms with Gasteiger partial charge in [0.1, 0.15) is 0 Å². The van der Waals surface area contributed by atoms with E-state index in [1.807, 2.05) is 0 Å². The van der Waals surface area contributed by atoms with Crippen LogP contribution in [0.25, 0.3) is 0 Å². The van der Waals surface area contributed by atoms with E-state index in [9.17, 15) is 0 Å². The average Bonchev–Trinajstić information content (AvgIpc) is 1.86. The van der Waals surface area contributed by atoms with Crippen LogP contribution in [0.3, 0.4) is 0 Å². The quantitative estimate of drug-likeness (QED) is 0.158. The number of nitrogens with zero attached hydrogens (tertiary/aromatic N) is 3. The molecule has 0 aliphatic carbocycles. The van der Waals surface area contributed by atoms with Gasteiger partial charge in [0.25, 0.3) is 0 Å². The summed E-state index contributed by atoms with van der Waals surface area (Å²) in [6.45, 7) is 0. The fourth-order valence-corrected chi connectivity index (χ4v) is 0. The second-order valence-corrected chi connectivity index (χ2v) is 0.794. The summed E-state index contributed by atoms with van der Waals surface area (Å²) in [4.78, 5) is 25.4. The first-order valence-electron chi connectivity index (χ1n) is 2.24. The summed E-state index contributed by atoms with van der Waals surface area (Å²) in [7, 11) is 1.00. The van der Waals surface area contributed by atoms with Crippen molar-refractivity contribution in [2.24, 2.45) is 11.7 Å². The second kappa shape index (κ2) is 36.8. The minimum atomic E-state index is -1.75. The molecule has 0 saturated heterocycles. The van der Waals surface area contributed by atoms with Crippen molar-refractivity contribution in [3.63, 3.8) is 0 Å². The molecule has 0 bridgehead atoms. The summed E-state index contributed by atoms with van der Waals surface area (Å²) < 4.78 is 0. The van der Waals surface area contributed by atoms with Crippen LogP contribution in [0, 0.1) is 35.6 Å². The molecule has 0 unspecified atom stereocenters. The molecule has 9 N–H and O–H groups in total. The van der Waals surface area contributed by atoms with Gasteiger partial charge in [0.15, 0.2) is 10.1 Å². The molecule has 0 aliphatic rings. The van der Waals surface area contributed by atoms with Crippen molar-refractivity contribution in [2.75, 3.05) is 7.11 Å². The van der Waals surface area contributed by atoms with E-state index in [4.69, 9.17) is 40.7 Å². The Morgan fingerprint density at radius 1 is 0.875 bits per heavy atom. The SMILES string of the molecule is CO.N[N+](=O)[O-].N[N+](=O)[O-].O=[N+]([O-])[O-].[K].[NH4+]. The van der Waals surface area contributed by atoms with Crippen molar-refractivity contribution >= 4 is 51.4 Å². The van der Waals surface area contributed by atoms with Crippen molar-refractivity contribution in [3.8, 4) is 0 Å². The van der Waals surface area contributed by atoms with Crippen LogP contribution in [-0.2, 0) is 0 Å². The molecule has 0 aromatic carbocycles. The average molecular weight is 275 g/mol. The van der Waals surface area contributed by atoms with Gasteiger partial charge >= 0.3 is 0 Å². The standard InChI is InChI=1S/CH4O.K.2H2N2O2.NO3.H3N/c1-2;;2*1-2(3)4;2-1(3)4;/h2H,1H3;;2*1H2;;1H3/q;;;;-1;/p+1. The second-order valence-electron chi connectivity index (χ2n) is 0.794. The molecular formula is CH12KN6O8. The first-order chi connectivity index (χ1) is 6.20. The summed E-state index contributed by atoms with van der Waals surface area (Å²) in [6.07, 6.45) is 0. The van der Waals surface area contributed by atoms with E-state index in [1.54, 1.807) is 0 Å². The van der Waals surface area contributed by atoms with Gasteiger partial charge in [0, 0.05) is 58.5 Å². The summed E-state index contributed by atoms with van der Waals surface area (Å²) in [5.74, 6) is 7.67. The van der Waals surface area contributed by atoms with E-state index in [0.29, 0.717) is 0 Å². The van der Waals surface area contributed by atoms with Gasteiger partial charge in [-0.2, -0.15) is 11.7 Å². The zero-order valence-electron chi connectivity index (χ0n) is 8.80. The maximum absolute atomic E-state index is 8.58. The number of aliphatic hydroxyl groups is 1. The zero-order valence-corrected chi connectivity index (χ0v) is 11.9. The Kier molecular flexibility index (Phi) is 83.4. The molecule has 0 rings (SSSR count). The molecule has 16 heavy (non-hydrogen) atoms. The fourth-order valence-electron chi connectivity index (χ4n) is 0. The Hall–Kier alpha value is -0.844. The van der Waals surface area contributed by atoms with Crippen LogP contribution >= 0.6 is 0 Å². The molecule has 1 radical (unpaired) electrons. The van der Waals surface area contributed by atoms with E-state index in [2.05, 4.69) is 11.7 Å². The minimum absolute atomic E-state index is 0. The first-order valence-corrected chi connectivity index (χ1v) is 2.24. The Morgan fingerprint density at radius 3 is 0.875 bits per heavy atom. The number of hydrazine groups is 2. The third-order valence-corrected chi connectivity index (χ3v) is 0. The molecule has 95 valence electrons. The third-order valence-electron chi connectivity index (χ3n) is 0. The van der Waals surface area contributed by atoms with Crippen LogP contribution in [0.1, 0.15) is 0 Å². The van der Waals surface area contributed by atoms with E-state index in [0.717, 1.165) is 7.11 Å². The molecule has 0 aliphatic heterocycles. The maximum atomic E-state index is 8.58. The Balaban J connectivity index is -0.0000000205. The normalized spacial score (nSPS) is 4.88. The monoisotopic (exact) mass is 275 g/mol. The topological polar surface area (TPSA) is 261 Å². The van der Waals surface area contributed by atoms with Gasteiger partial charge in [0.05, 0.1) is 5.09 Å². The predicted octanol–water partition coefficient (Wildman–Crippen LogP) is -2.36. The van der Waals surface area contributed by atoms with Crippen molar-refractivity contribution in [1.82, 2.24) is 6.15 Å². The molecule has 15 heteroatoms.